The molecule has 114 valence electrons. The molecular weight excluding hydrogens is 268 g/mol. The number of para-hydroxylation sites is 1. The van der Waals surface area contributed by atoms with Crippen molar-refractivity contribution in [2.75, 3.05) is 18.0 Å². The summed E-state index contributed by atoms with van der Waals surface area (Å²) in [6.07, 6.45) is 3.52. The van der Waals surface area contributed by atoms with E-state index < -0.39 is 11.4 Å². The van der Waals surface area contributed by atoms with Gasteiger partial charge >= 0.3 is 5.97 Å². The lowest BCUT2D eigenvalue weighted by atomic mass is 9.84. The Morgan fingerprint density at radius 2 is 1.81 bits per heavy atom. The van der Waals surface area contributed by atoms with Crippen molar-refractivity contribution in [3.8, 4) is 0 Å². The third-order valence-electron chi connectivity index (χ3n) is 4.27. The molecule has 5 heteroatoms. The van der Waals surface area contributed by atoms with Crippen LogP contribution in [-0.2, 0) is 9.59 Å². The summed E-state index contributed by atoms with van der Waals surface area (Å²) in [5, 5.41) is 8.92. The summed E-state index contributed by atoms with van der Waals surface area (Å²) in [6, 6.07) is 9.23. The first kappa shape index (κ1) is 15.5. The quantitative estimate of drug-likeness (QED) is 0.839. The number of carbonyl (C=O) groups is 2. The molecular formula is C16H22N2O3. The molecule has 0 atom stereocenters. The molecule has 3 N–H and O–H groups in total. The number of anilines is 1. The zero-order valence-electron chi connectivity index (χ0n) is 12.1. The Bertz CT molecular complexity index is 496. The van der Waals surface area contributed by atoms with Crippen LogP contribution in [-0.4, -0.2) is 30.1 Å². The molecule has 2 rings (SSSR count). The van der Waals surface area contributed by atoms with Crippen molar-refractivity contribution >= 4 is 17.6 Å². The van der Waals surface area contributed by atoms with Crippen LogP contribution >= 0.6 is 0 Å². The molecule has 5 nitrogen and oxygen atoms in total. The molecule has 0 aromatic heterocycles. The van der Waals surface area contributed by atoms with Crippen LogP contribution in [0.3, 0.4) is 0 Å². The predicted octanol–water partition coefficient (Wildman–Crippen LogP) is 2.01. The fourth-order valence-electron chi connectivity index (χ4n) is 3.01. The number of carboxylic acids is 1. The summed E-state index contributed by atoms with van der Waals surface area (Å²) in [4.78, 5) is 25.4. The molecule has 0 bridgehead atoms. The fraction of sp³-hybridized carbons (Fsp3) is 0.500. The second-order valence-corrected chi connectivity index (χ2v) is 5.63. The predicted molar refractivity (Wildman–Crippen MR) is 81.0 cm³/mol. The number of hydrogen-bond acceptors (Lipinski definition) is 3. The molecule has 1 amide bonds. The number of nitrogens with two attached hydrogens (primary N) is 1. The molecule has 0 spiro atoms. The molecule has 1 aliphatic rings. The monoisotopic (exact) mass is 290 g/mol. The number of benzene rings is 1. The SMILES string of the molecule is NCC1(C(=O)N(CCC(=O)O)c2ccccc2)CCCC1. The van der Waals surface area contributed by atoms with Crippen molar-refractivity contribution in [2.45, 2.75) is 32.1 Å². The fourth-order valence-corrected chi connectivity index (χ4v) is 3.01. The number of rotatable bonds is 6. The number of carbonyl (C=O) groups excluding carboxylic acids is 1. The van der Waals surface area contributed by atoms with E-state index in [4.69, 9.17) is 10.8 Å². The number of aliphatic carboxylic acids is 1. The van der Waals surface area contributed by atoms with Gasteiger partial charge in [0.2, 0.25) is 5.91 Å². The van der Waals surface area contributed by atoms with Gasteiger partial charge in [0, 0.05) is 18.8 Å². The molecule has 0 unspecified atom stereocenters. The molecule has 0 saturated heterocycles. The average Bonchev–Trinajstić information content (AvgIpc) is 2.98. The van der Waals surface area contributed by atoms with Crippen molar-refractivity contribution in [1.82, 2.24) is 0 Å². The topological polar surface area (TPSA) is 83.6 Å². The minimum atomic E-state index is -0.906. The van der Waals surface area contributed by atoms with E-state index in [0.29, 0.717) is 6.54 Å². The van der Waals surface area contributed by atoms with Crippen molar-refractivity contribution < 1.29 is 14.7 Å². The number of carboxylic acid groups (broad SMARTS) is 1. The first-order valence-corrected chi connectivity index (χ1v) is 7.38. The van der Waals surface area contributed by atoms with Gasteiger partial charge in [-0.05, 0) is 25.0 Å². The lowest BCUT2D eigenvalue weighted by Gasteiger charge is -2.33. The maximum Gasteiger partial charge on any atom is 0.305 e. The lowest BCUT2D eigenvalue weighted by molar-refractivity contribution is -0.136. The second-order valence-electron chi connectivity index (χ2n) is 5.63. The maximum atomic E-state index is 13.0. The normalized spacial score (nSPS) is 16.6. The van der Waals surface area contributed by atoms with E-state index in [0.717, 1.165) is 31.4 Å². The Labute approximate surface area is 124 Å². The molecule has 1 saturated carbocycles. The first-order valence-electron chi connectivity index (χ1n) is 7.38. The Kier molecular flexibility index (Phi) is 4.96. The van der Waals surface area contributed by atoms with Gasteiger partial charge in [-0.15, -0.1) is 0 Å². The van der Waals surface area contributed by atoms with Crippen LogP contribution in [0.1, 0.15) is 32.1 Å². The average molecular weight is 290 g/mol. The van der Waals surface area contributed by atoms with Gasteiger partial charge in [-0.1, -0.05) is 31.0 Å². The Morgan fingerprint density at radius 1 is 1.19 bits per heavy atom. The first-order chi connectivity index (χ1) is 10.1. The standard InChI is InChI=1S/C16H22N2O3/c17-12-16(9-4-5-10-16)15(21)18(11-8-14(19)20)13-6-2-1-3-7-13/h1-3,6-7H,4-5,8-12,17H2,(H,19,20). The smallest absolute Gasteiger partial charge is 0.305 e. The Morgan fingerprint density at radius 3 is 2.33 bits per heavy atom. The van der Waals surface area contributed by atoms with Crippen LogP contribution < -0.4 is 10.6 Å². The summed E-state index contributed by atoms with van der Waals surface area (Å²) < 4.78 is 0. The highest BCUT2D eigenvalue weighted by molar-refractivity contribution is 5.98. The van der Waals surface area contributed by atoms with Gasteiger partial charge in [0.05, 0.1) is 11.8 Å². The Balaban J connectivity index is 2.26. The van der Waals surface area contributed by atoms with Gasteiger partial charge in [0.1, 0.15) is 0 Å². The van der Waals surface area contributed by atoms with Gasteiger partial charge < -0.3 is 15.7 Å². The number of nitrogens with zero attached hydrogens (tertiary/aromatic N) is 1. The summed E-state index contributed by atoms with van der Waals surface area (Å²) in [6.45, 7) is 0.502. The lowest BCUT2D eigenvalue weighted by Crippen LogP contribution is -2.47. The second kappa shape index (κ2) is 6.72. The molecule has 0 aliphatic heterocycles. The van der Waals surface area contributed by atoms with Crippen molar-refractivity contribution in [2.24, 2.45) is 11.1 Å². The van der Waals surface area contributed by atoms with Crippen LogP contribution in [0.5, 0.6) is 0 Å². The third kappa shape index (κ3) is 3.42. The van der Waals surface area contributed by atoms with E-state index in [1.807, 2.05) is 30.3 Å². The summed E-state index contributed by atoms with van der Waals surface area (Å²) in [5.74, 6) is -0.938. The van der Waals surface area contributed by atoms with Crippen molar-refractivity contribution in [3.05, 3.63) is 30.3 Å². The summed E-state index contributed by atoms with van der Waals surface area (Å²) in [5.41, 5.74) is 6.10. The van der Waals surface area contributed by atoms with Gasteiger partial charge in [0.15, 0.2) is 0 Å². The maximum absolute atomic E-state index is 13.0. The molecule has 1 aliphatic carbocycles. The van der Waals surface area contributed by atoms with Crippen molar-refractivity contribution in [3.63, 3.8) is 0 Å². The highest BCUT2D eigenvalue weighted by atomic mass is 16.4. The minimum Gasteiger partial charge on any atom is -0.481 e. The van der Waals surface area contributed by atoms with Crippen LogP contribution in [0.15, 0.2) is 30.3 Å². The zero-order valence-corrected chi connectivity index (χ0v) is 12.1. The molecule has 1 aromatic carbocycles. The van der Waals surface area contributed by atoms with E-state index in [1.54, 1.807) is 4.90 Å². The number of amides is 1. The molecule has 0 heterocycles. The van der Waals surface area contributed by atoms with E-state index in [-0.39, 0.29) is 18.9 Å². The largest absolute Gasteiger partial charge is 0.481 e. The van der Waals surface area contributed by atoms with Gasteiger partial charge in [0.25, 0.3) is 0 Å². The van der Waals surface area contributed by atoms with Gasteiger partial charge in [-0.3, -0.25) is 9.59 Å². The van der Waals surface area contributed by atoms with Gasteiger partial charge in [-0.25, -0.2) is 0 Å². The van der Waals surface area contributed by atoms with Gasteiger partial charge in [-0.2, -0.15) is 0 Å². The van der Waals surface area contributed by atoms with E-state index >= 15 is 0 Å². The molecule has 1 fully saturated rings. The molecule has 1 aromatic rings. The van der Waals surface area contributed by atoms with Crippen LogP contribution in [0, 0.1) is 5.41 Å². The highest BCUT2D eigenvalue weighted by Crippen LogP contribution is 2.39. The van der Waals surface area contributed by atoms with Crippen LogP contribution in [0.2, 0.25) is 0 Å². The van der Waals surface area contributed by atoms with Crippen LogP contribution in [0.4, 0.5) is 5.69 Å². The van der Waals surface area contributed by atoms with Crippen LogP contribution in [0.25, 0.3) is 0 Å². The number of hydrogen-bond donors (Lipinski definition) is 2. The Hall–Kier alpha value is -1.88. The van der Waals surface area contributed by atoms with E-state index in [2.05, 4.69) is 0 Å². The van der Waals surface area contributed by atoms with E-state index in [9.17, 15) is 9.59 Å². The minimum absolute atomic E-state index is 0.0325. The zero-order chi connectivity index (χ0) is 15.3. The van der Waals surface area contributed by atoms with E-state index in [1.165, 1.54) is 0 Å². The summed E-state index contributed by atoms with van der Waals surface area (Å²) in [7, 11) is 0. The van der Waals surface area contributed by atoms with Crippen molar-refractivity contribution in [1.29, 1.82) is 0 Å². The molecule has 0 radical (unpaired) electrons. The molecule has 21 heavy (non-hydrogen) atoms. The summed E-state index contributed by atoms with van der Waals surface area (Å²) >= 11 is 0. The third-order valence-corrected chi connectivity index (χ3v) is 4.27. The highest BCUT2D eigenvalue weighted by Gasteiger charge is 2.42.